The number of fused-ring (bicyclic) bond motifs is 1. The number of aryl methyl sites for hydroxylation is 2. The number of amides is 1. The number of carbonyl (C=O) groups excluding carboxylic acids is 1. The number of ether oxygens (including phenoxy) is 1. The summed E-state index contributed by atoms with van der Waals surface area (Å²) < 4.78 is 8.37. The molecule has 1 aromatic heterocycles. The molecule has 1 heterocycles. The first-order valence-electron chi connectivity index (χ1n) is 7.86. The van der Waals surface area contributed by atoms with Gasteiger partial charge in [-0.2, -0.15) is 4.99 Å². The fourth-order valence-corrected chi connectivity index (χ4v) is 4.31. The molecule has 0 saturated heterocycles. The van der Waals surface area contributed by atoms with E-state index in [0.717, 1.165) is 31.9 Å². The predicted octanol–water partition coefficient (Wildman–Crippen LogP) is 3.95. The van der Waals surface area contributed by atoms with E-state index in [9.17, 15) is 4.79 Å². The fourth-order valence-electron chi connectivity index (χ4n) is 2.72. The summed E-state index contributed by atoms with van der Waals surface area (Å²) >= 11 is 3.25. The third-order valence-corrected chi connectivity index (χ3v) is 5.87. The predicted molar refractivity (Wildman–Crippen MR) is 105 cm³/mol. The SMILES string of the molecule is COc1ccc(CC(=O)N=c2sc3cc(SC)ccc3n2C)cc1C. The molecule has 3 aromatic rings. The van der Waals surface area contributed by atoms with E-state index in [4.69, 9.17) is 4.74 Å². The Hall–Kier alpha value is -2.05. The number of thiazole rings is 1. The summed E-state index contributed by atoms with van der Waals surface area (Å²) in [6.45, 7) is 1.97. The molecule has 0 unspecified atom stereocenters. The minimum atomic E-state index is -0.142. The van der Waals surface area contributed by atoms with Gasteiger partial charge in [-0.15, -0.1) is 11.8 Å². The maximum absolute atomic E-state index is 12.4. The van der Waals surface area contributed by atoms with E-state index in [0.29, 0.717) is 0 Å². The van der Waals surface area contributed by atoms with E-state index in [1.165, 1.54) is 4.90 Å². The summed E-state index contributed by atoms with van der Waals surface area (Å²) in [5, 5.41) is 0. The molecule has 2 aromatic carbocycles. The molecule has 0 saturated carbocycles. The summed E-state index contributed by atoms with van der Waals surface area (Å²) in [6, 6.07) is 12.1. The van der Waals surface area contributed by atoms with E-state index in [-0.39, 0.29) is 12.3 Å². The minimum absolute atomic E-state index is 0.142. The molecular weight excluding hydrogens is 352 g/mol. The van der Waals surface area contributed by atoms with Crippen LogP contribution in [0.3, 0.4) is 0 Å². The smallest absolute Gasteiger partial charge is 0.252 e. The second-order valence-corrected chi connectivity index (χ2v) is 7.65. The van der Waals surface area contributed by atoms with Gasteiger partial charge in [-0.1, -0.05) is 23.5 Å². The van der Waals surface area contributed by atoms with Crippen LogP contribution >= 0.6 is 23.1 Å². The first kappa shape index (κ1) is 17.8. The molecule has 0 aliphatic carbocycles. The van der Waals surface area contributed by atoms with Crippen molar-refractivity contribution in [2.45, 2.75) is 18.2 Å². The highest BCUT2D eigenvalue weighted by molar-refractivity contribution is 7.98. The van der Waals surface area contributed by atoms with Crippen molar-refractivity contribution in [1.29, 1.82) is 0 Å². The van der Waals surface area contributed by atoms with E-state index in [2.05, 4.69) is 29.4 Å². The molecule has 0 atom stereocenters. The van der Waals surface area contributed by atoms with Crippen molar-refractivity contribution in [1.82, 2.24) is 4.57 Å². The van der Waals surface area contributed by atoms with Crippen LogP contribution in [0.1, 0.15) is 11.1 Å². The quantitative estimate of drug-likeness (QED) is 0.652. The van der Waals surface area contributed by atoms with Gasteiger partial charge in [0.05, 0.1) is 23.7 Å². The van der Waals surface area contributed by atoms with Crippen LogP contribution in [0.2, 0.25) is 0 Å². The van der Waals surface area contributed by atoms with Crippen LogP contribution < -0.4 is 9.54 Å². The van der Waals surface area contributed by atoms with Gasteiger partial charge in [0.15, 0.2) is 4.80 Å². The number of methoxy groups -OCH3 is 1. The van der Waals surface area contributed by atoms with Crippen molar-refractivity contribution in [3.8, 4) is 5.75 Å². The maximum Gasteiger partial charge on any atom is 0.252 e. The van der Waals surface area contributed by atoms with Crippen molar-refractivity contribution in [3.05, 3.63) is 52.3 Å². The van der Waals surface area contributed by atoms with Gasteiger partial charge in [-0.05, 0) is 48.6 Å². The van der Waals surface area contributed by atoms with Crippen LogP contribution in [0.5, 0.6) is 5.75 Å². The summed E-state index contributed by atoms with van der Waals surface area (Å²) in [5.41, 5.74) is 3.06. The third-order valence-electron chi connectivity index (χ3n) is 4.05. The summed E-state index contributed by atoms with van der Waals surface area (Å²) in [4.78, 5) is 18.6. The van der Waals surface area contributed by atoms with Crippen molar-refractivity contribution in [3.63, 3.8) is 0 Å². The molecule has 4 nitrogen and oxygen atoms in total. The van der Waals surface area contributed by atoms with Crippen molar-refractivity contribution in [2.75, 3.05) is 13.4 Å². The lowest BCUT2D eigenvalue weighted by Crippen LogP contribution is -2.14. The largest absolute Gasteiger partial charge is 0.496 e. The highest BCUT2D eigenvalue weighted by Crippen LogP contribution is 2.23. The molecule has 0 aliphatic heterocycles. The average molecular weight is 373 g/mol. The van der Waals surface area contributed by atoms with Crippen LogP contribution in [0.15, 0.2) is 46.3 Å². The van der Waals surface area contributed by atoms with E-state index in [1.807, 2.05) is 36.7 Å². The van der Waals surface area contributed by atoms with Gasteiger partial charge in [0.2, 0.25) is 0 Å². The Morgan fingerprint density at radius 1 is 1.28 bits per heavy atom. The van der Waals surface area contributed by atoms with Gasteiger partial charge in [-0.3, -0.25) is 4.79 Å². The van der Waals surface area contributed by atoms with E-state index >= 15 is 0 Å². The number of hydrogen-bond donors (Lipinski definition) is 0. The molecule has 0 aliphatic rings. The topological polar surface area (TPSA) is 43.6 Å². The Morgan fingerprint density at radius 2 is 2.08 bits per heavy atom. The number of hydrogen-bond acceptors (Lipinski definition) is 4. The van der Waals surface area contributed by atoms with Crippen molar-refractivity contribution in [2.24, 2.45) is 12.0 Å². The highest BCUT2D eigenvalue weighted by Gasteiger charge is 2.08. The summed E-state index contributed by atoms with van der Waals surface area (Å²) in [6.07, 6.45) is 2.34. The molecule has 0 N–H and O–H groups in total. The van der Waals surface area contributed by atoms with Gasteiger partial charge in [0.25, 0.3) is 5.91 Å². The first-order chi connectivity index (χ1) is 12.0. The molecule has 130 valence electrons. The Bertz CT molecular complexity index is 1000. The Labute approximate surface area is 155 Å². The zero-order valence-electron chi connectivity index (χ0n) is 14.7. The van der Waals surface area contributed by atoms with Gasteiger partial charge in [0.1, 0.15) is 5.75 Å². The van der Waals surface area contributed by atoms with Gasteiger partial charge >= 0.3 is 0 Å². The lowest BCUT2D eigenvalue weighted by Gasteiger charge is -2.05. The fraction of sp³-hybridized carbons (Fsp3) is 0.263. The summed E-state index contributed by atoms with van der Waals surface area (Å²) in [5.74, 6) is 0.686. The van der Waals surface area contributed by atoms with Gasteiger partial charge in [-0.25, -0.2) is 0 Å². The third kappa shape index (κ3) is 3.80. The van der Waals surface area contributed by atoms with Gasteiger partial charge in [0, 0.05) is 11.9 Å². The number of carbonyl (C=O) groups is 1. The average Bonchev–Trinajstić information content (AvgIpc) is 2.90. The number of nitrogens with zero attached hydrogens (tertiary/aromatic N) is 2. The number of rotatable bonds is 4. The lowest BCUT2D eigenvalue weighted by atomic mass is 10.1. The molecule has 0 bridgehead atoms. The molecule has 0 spiro atoms. The number of aromatic nitrogens is 1. The zero-order chi connectivity index (χ0) is 18.0. The van der Waals surface area contributed by atoms with Gasteiger partial charge < -0.3 is 9.30 Å². The van der Waals surface area contributed by atoms with E-state index < -0.39 is 0 Å². The molecule has 0 radical (unpaired) electrons. The summed E-state index contributed by atoms with van der Waals surface area (Å²) in [7, 11) is 3.59. The van der Waals surface area contributed by atoms with E-state index in [1.54, 1.807) is 30.2 Å². The molecule has 0 fully saturated rings. The highest BCUT2D eigenvalue weighted by atomic mass is 32.2. The van der Waals surface area contributed by atoms with Crippen molar-refractivity contribution < 1.29 is 9.53 Å². The molecule has 6 heteroatoms. The van der Waals surface area contributed by atoms with Crippen molar-refractivity contribution >= 4 is 39.2 Å². The van der Waals surface area contributed by atoms with Crippen LogP contribution in [-0.4, -0.2) is 23.8 Å². The minimum Gasteiger partial charge on any atom is -0.496 e. The number of benzene rings is 2. The molecule has 3 rings (SSSR count). The van der Waals surface area contributed by atoms with Crippen LogP contribution in [0.25, 0.3) is 10.2 Å². The monoisotopic (exact) mass is 372 g/mol. The Balaban J connectivity index is 1.89. The number of thioether (sulfide) groups is 1. The second-order valence-electron chi connectivity index (χ2n) is 5.76. The second kappa shape index (κ2) is 7.45. The standard InChI is InChI=1S/C19H20N2O2S2/c1-12-9-13(5-8-16(12)23-3)10-18(22)20-19-21(2)15-7-6-14(24-4)11-17(15)25-19/h5-9,11H,10H2,1-4H3. The molecule has 1 amide bonds. The van der Waals surface area contributed by atoms with Crippen LogP contribution in [0.4, 0.5) is 0 Å². The maximum atomic E-state index is 12.4. The Morgan fingerprint density at radius 3 is 2.76 bits per heavy atom. The zero-order valence-corrected chi connectivity index (χ0v) is 16.3. The first-order valence-corrected chi connectivity index (χ1v) is 9.90. The normalized spacial score (nSPS) is 11.9. The molecular formula is C19H20N2O2S2. The van der Waals surface area contributed by atoms with Crippen LogP contribution in [-0.2, 0) is 18.3 Å². The lowest BCUT2D eigenvalue weighted by molar-refractivity contribution is -0.117. The molecule has 25 heavy (non-hydrogen) atoms. The van der Waals surface area contributed by atoms with Crippen LogP contribution in [0, 0.1) is 6.92 Å². The Kier molecular flexibility index (Phi) is 5.30.